The fourth-order valence-corrected chi connectivity index (χ4v) is 3.23. The number of alkyl halides is 4. The molecule has 0 radical (unpaired) electrons. The number of esters is 1. The molecule has 36 heavy (non-hydrogen) atoms. The van der Waals surface area contributed by atoms with Crippen LogP contribution in [0.15, 0.2) is 66.7 Å². The summed E-state index contributed by atoms with van der Waals surface area (Å²) < 4.78 is 71.3. The van der Waals surface area contributed by atoms with E-state index in [2.05, 4.69) is 30.2 Å². The van der Waals surface area contributed by atoms with Gasteiger partial charge in [0.05, 0.1) is 6.61 Å². The second-order valence-corrected chi connectivity index (χ2v) is 8.80. The van der Waals surface area contributed by atoms with Crippen LogP contribution in [0.5, 0.6) is 23.0 Å². The first kappa shape index (κ1) is 26.8. The summed E-state index contributed by atoms with van der Waals surface area (Å²) in [6, 6.07) is 17.0. The van der Waals surface area contributed by atoms with Crippen molar-refractivity contribution in [2.24, 2.45) is 0 Å². The van der Waals surface area contributed by atoms with Gasteiger partial charge in [0.2, 0.25) is 0 Å². The van der Waals surface area contributed by atoms with Crippen LogP contribution in [0.4, 0.5) is 17.6 Å². The van der Waals surface area contributed by atoms with Crippen molar-refractivity contribution in [3.63, 3.8) is 0 Å². The minimum atomic E-state index is -4.80. The third-order valence-corrected chi connectivity index (χ3v) is 5.02. The Balaban J connectivity index is 1.92. The molecular weight excluding hydrogens is 480 g/mol. The molecule has 0 heterocycles. The van der Waals surface area contributed by atoms with E-state index in [0.717, 1.165) is 5.56 Å². The standard InChI is InChI=1S/C27H26F4O5/c1-5-33-25(32)24(28)35-22-15-8-18(17-6-11-21(12-7-17)36-27(29,30)31)16-23(22)34-20-13-9-19(10-14-20)26(2,3)4/h6-16,24H,5H2,1-4H3. The molecule has 3 aromatic rings. The maximum Gasteiger partial charge on any atom is 0.573 e. The number of rotatable bonds is 8. The predicted molar refractivity (Wildman–Crippen MR) is 126 cm³/mol. The normalized spacial score (nSPS) is 12.6. The predicted octanol–water partition coefficient (Wildman–Crippen LogP) is 7.58. The average molecular weight is 506 g/mol. The molecule has 1 atom stereocenters. The summed E-state index contributed by atoms with van der Waals surface area (Å²) in [7, 11) is 0. The molecule has 0 saturated carbocycles. The first-order valence-electron chi connectivity index (χ1n) is 11.1. The maximum absolute atomic E-state index is 14.3. The summed E-state index contributed by atoms with van der Waals surface area (Å²) in [5, 5.41) is 0. The lowest BCUT2D eigenvalue weighted by Gasteiger charge is -2.20. The number of carbonyl (C=O) groups excluding carboxylic acids is 1. The van der Waals surface area contributed by atoms with Gasteiger partial charge in [0, 0.05) is 0 Å². The van der Waals surface area contributed by atoms with E-state index in [0.29, 0.717) is 16.9 Å². The zero-order chi connectivity index (χ0) is 26.5. The molecule has 0 aliphatic rings. The van der Waals surface area contributed by atoms with Gasteiger partial charge >= 0.3 is 18.7 Å². The molecule has 5 nitrogen and oxygen atoms in total. The maximum atomic E-state index is 14.3. The van der Waals surface area contributed by atoms with Gasteiger partial charge in [-0.15, -0.1) is 13.2 Å². The van der Waals surface area contributed by atoms with Crippen LogP contribution in [0.1, 0.15) is 33.3 Å². The van der Waals surface area contributed by atoms with Crippen molar-refractivity contribution < 1.29 is 41.3 Å². The molecule has 0 amide bonds. The average Bonchev–Trinajstić information content (AvgIpc) is 2.79. The van der Waals surface area contributed by atoms with E-state index in [1.54, 1.807) is 25.1 Å². The highest BCUT2D eigenvalue weighted by Crippen LogP contribution is 2.38. The highest BCUT2D eigenvalue weighted by molar-refractivity contribution is 5.74. The van der Waals surface area contributed by atoms with Gasteiger partial charge in [0.25, 0.3) is 0 Å². The minimum Gasteiger partial charge on any atom is -0.461 e. The Labute approximate surface area is 206 Å². The molecule has 192 valence electrons. The van der Waals surface area contributed by atoms with Gasteiger partial charge in [-0.1, -0.05) is 51.1 Å². The number of hydrogen-bond acceptors (Lipinski definition) is 5. The first-order chi connectivity index (χ1) is 16.9. The lowest BCUT2D eigenvalue weighted by atomic mass is 9.87. The van der Waals surface area contributed by atoms with Gasteiger partial charge in [-0.05, 0) is 65.4 Å². The fraction of sp³-hybridized carbons (Fsp3) is 0.296. The number of halogens is 4. The van der Waals surface area contributed by atoms with Gasteiger partial charge in [-0.2, -0.15) is 4.39 Å². The first-order valence-corrected chi connectivity index (χ1v) is 11.1. The molecule has 0 aliphatic carbocycles. The van der Waals surface area contributed by atoms with Crippen LogP contribution in [0.2, 0.25) is 0 Å². The van der Waals surface area contributed by atoms with Crippen LogP contribution in [-0.2, 0) is 14.9 Å². The molecule has 0 aromatic heterocycles. The van der Waals surface area contributed by atoms with Crippen molar-refractivity contribution in [3.05, 3.63) is 72.3 Å². The molecule has 0 fully saturated rings. The molecule has 9 heteroatoms. The molecule has 0 N–H and O–H groups in total. The zero-order valence-electron chi connectivity index (χ0n) is 20.2. The van der Waals surface area contributed by atoms with Crippen LogP contribution in [0, 0.1) is 0 Å². The largest absolute Gasteiger partial charge is 0.573 e. The summed E-state index contributed by atoms with van der Waals surface area (Å²) in [5.41, 5.74) is 2.10. The van der Waals surface area contributed by atoms with E-state index in [4.69, 9.17) is 9.47 Å². The van der Waals surface area contributed by atoms with Crippen LogP contribution in [0.25, 0.3) is 11.1 Å². The van der Waals surface area contributed by atoms with Gasteiger partial charge in [0.1, 0.15) is 11.5 Å². The van der Waals surface area contributed by atoms with Crippen molar-refractivity contribution in [1.82, 2.24) is 0 Å². The third-order valence-electron chi connectivity index (χ3n) is 5.02. The van der Waals surface area contributed by atoms with Crippen molar-refractivity contribution in [3.8, 4) is 34.1 Å². The van der Waals surface area contributed by atoms with Crippen LogP contribution < -0.4 is 14.2 Å². The fourth-order valence-electron chi connectivity index (χ4n) is 3.23. The molecule has 0 aliphatic heterocycles. The van der Waals surface area contributed by atoms with Crippen LogP contribution in [-0.4, -0.2) is 25.3 Å². The number of benzene rings is 3. The number of hydrogen-bond donors (Lipinski definition) is 0. The van der Waals surface area contributed by atoms with E-state index < -0.39 is 18.7 Å². The van der Waals surface area contributed by atoms with E-state index in [-0.39, 0.29) is 29.3 Å². The Morgan fingerprint density at radius 3 is 1.97 bits per heavy atom. The lowest BCUT2D eigenvalue weighted by molar-refractivity contribution is -0.274. The summed E-state index contributed by atoms with van der Waals surface area (Å²) in [6.07, 6.45) is -7.17. The van der Waals surface area contributed by atoms with E-state index >= 15 is 0 Å². The molecular formula is C27H26F4O5. The Morgan fingerprint density at radius 2 is 1.42 bits per heavy atom. The molecule has 0 spiro atoms. The number of carbonyl (C=O) groups is 1. The summed E-state index contributed by atoms with van der Waals surface area (Å²) in [6.45, 7) is 7.74. The van der Waals surface area contributed by atoms with Gasteiger partial charge in [-0.25, -0.2) is 4.79 Å². The smallest absolute Gasteiger partial charge is 0.461 e. The Hall–Kier alpha value is -3.75. The Kier molecular flexibility index (Phi) is 8.12. The van der Waals surface area contributed by atoms with E-state index in [9.17, 15) is 22.4 Å². The highest BCUT2D eigenvalue weighted by atomic mass is 19.4. The Bertz CT molecular complexity index is 1170. The minimum absolute atomic E-state index is 0.0148. The van der Waals surface area contributed by atoms with Crippen molar-refractivity contribution in [2.45, 2.75) is 45.8 Å². The number of ether oxygens (including phenoxy) is 4. The van der Waals surface area contributed by atoms with Crippen molar-refractivity contribution in [2.75, 3.05) is 6.61 Å². The van der Waals surface area contributed by atoms with Gasteiger partial charge in [-0.3, -0.25) is 0 Å². The van der Waals surface area contributed by atoms with Crippen molar-refractivity contribution in [1.29, 1.82) is 0 Å². The summed E-state index contributed by atoms with van der Waals surface area (Å²) in [4.78, 5) is 11.7. The van der Waals surface area contributed by atoms with Gasteiger partial charge < -0.3 is 18.9 Å². The highest BCUT2D eigenvalue weighted by Gasteiger charge is 2.31. The molecule has 3 aromatic carbocycles. The summed E-state index contributed by atoms with van der Waals surface area (Å²) in [5.74, 6) is -1.07. The van der Waals surface area contributed by atoms with Crippen LogP contribution >= 0.6 is 0 Å². The molecule has 0 bridgehead atoms. The monoisotopic (exact) mass is 506 g/mol. The Morgan fingerprint density at radius 1 is 0.833 bits per heavy atom. The van der Waals surface area contributed by atoms with E-state index in [1.165, 1.54) is 36.4 Å². The lowest BCUT2D eigenvalue weighted by Crippen LogP contribution is -2.24. The quantitative estimate of drug-likeness (QED) is 0.233. The topological polar surface area (TPSA) is 54.0 Å². The third kappa shape index (κ3) is 7.37. The van der Waals surface area contributed by atoms with Crippen molar-refractivity contribution >= 4 is 5.97 Å². The SMILES string of the molecule is CCOC(=O)C(F)Oc1ccc(-c2ccc(OC(F)(F)F)cc2)cc1Oc1ccc(C(C)(C)C)cc1. The second kappa shape index (κ2) is 10.9. The molecule has 0 saturated heterocycles. The summed E-state index contributed by atoms with van der Waals surface area (Å²) >= 11 is 0. The zero-order valence-corrected chi connectivity index (χ0v) is 20.2. The molecule has 3 rings (SSSR count). The van der Waals surface area contributed by atoms with Crippen LogP contribution in [0.3, 0.4) is 0 Å². The second-order valence-electron chi connectivity index (χ2n) is 8.80. The van der Waals surface area contributed by atoms with E-state index in [1.807, 2.05) is 12.1 Å². The van der Waals surface area contributed by atoms with Gasteiger partial charge in [0.15, 0.2) is 11.5 Å². The molecule has 1 unspecified atom stereocenters.